The second-order valence-electron chi connectivity index (χ2n) is 6.43. The molecule has 0 aromatic rings. The van der Waals surface area contributed by atoms with E-state index in [9.17, 15) is 4.79 Å². The first kappa shape index (κ1) is 14.8. The third-order valence-electron chi connectivity index (χ3n) is 4.56. The molecule has 2 rings (SSSR count). The van der Waals surface area contributed by atoms with E-state index in [1.807, 2.05) is 0 Å². The number of nitrogens with zero attached hydrogens (tertiary/aromatic N) is 1. The van der Waals surface area contributed by atoms with Crippen LogP contribution in [0.4, 0.5) is 0 Å². The van der Waals surface area contributed by atoms with Gasteiger partial charge in [0.25, 0.3) is 0 Å². The molecule has 1 N–H and O–H groups in total. The van der Waals surface area contributed by atoms with Crippen LogP contribution >= 0.6 is 0 Å². The van der Waals surface area contributed by atoms with Gasteiger partial charge in [0.05, 0.1) is 6.10 Å². The van der Waals surface area contributed by atoms with E-state index in [0.29, 0.717) is 30.4 Å². The molecular formula is C15H27NO3. The van der Waals surface area contributed by atoms with Crippen molar-refractivity contribution in [1.82, 2.24) is 4.90 Å². The molecule has 0 radical (unpaired) electrons. The number of hydrogen-bond acceptors (Lipinski definition) is 3. The lowest BCUT2D eigenvalue weighted by atomic mass is 9.89. The Kier molecular flexibility index (Phi) is 5.22. The Hall–Kier alpha value is -0.610. The summed E-state index contributed by atoms with van der Waals surface area (Å²) in [5.74, 6) is 0.257. The molecule has 3 atom stereocenters. The number of piperidine rings is 1. The summed E-state index contributed by atoms with van der Waals surface area (Å²) in [6.45, 7) is 7.38. The standard InChI is InChI=1S/C15H27NO3/c1-11(2)14-9-13(5-7-19-14)16-6-3-4-12(10-16)8-15(17)18/h11-14H,3-10H2,1-2H3,(H,17,18). The maximum absolute atomic E-state index is 10.9. The molecule has 110 valence electrons. The molecule has 2 saturated heterocycles. The molecule has 0 saturated carbocycles. The van der Waals surface area contributed by atoms with Gasteiger partial charge < -0.3 is 9.84 Å². The van der Waals surface area contributed by atoms with E-state index < -0.39 is 5.97 Å². The van der Waals surface area contributed by atoms with E-state index in [-0.39, 0.29) is 0 Å². The number of hydrogen-bond donors (Lipinski definition) is 1. The van der Waals surface area contributed by atoms with Crippen molar-refractivity contribution >= 4 is 5.97 Å². The number of aliphatic carboxylic acids is 1. The van der Waals surface area contributed by atoms with Crippen LogP contribution < -0.4 is 0 Å². The van der Waals surface area contributed by atoms with Crippen LogP contribution in [-0.4, -0.2) is 47.8 Å². The lowest BCUT2D eigenvalue weighted by Crippen LogP contribution is -2.48. The van der Waals surface area contributed by atoms with E-state index in [1.54, 1.807) is 0 Å². The minimum absolute atomic E-state index is 0.327. The molecule has 0 aromatic carbocycles. The normalized spacial score (nSPS) is 33.5. The summed E-state index contributed by atoms with van der Waals surface area (Å²) >= 11 is 0. The molecule has 4 nitrogen and oxygen atoms in total. The number of rotatable bonds is 4. The SMILES string of the molecule is CC(C)C1CC(N2CCCC(CC(=O)O)C2)CCO1. The second-order valence-corrected chi connectivity index (χ2v) is 6.43. The van der Waals surface area contributed by atoms with Crippen molar-refractivity contribution < 1.29 is 14.6 Å². The summed E-state index contributed by atoms with van der Waals surface area (Å²) in [5, 5.41) is 8.94. The summed E-state index contributed by atoms with van der Waals surface area (Å²) < 4.78 is 5.83. The molecule has 0 amide bonds. The third kappa shape index (κ3) is 4.18. The first-order chi connectivity index (χ1) is 9.06. The average Bonchev–Trinajstić information content (AvgIpc) is 2.38. The largest absolute Gasteiger partial charge is 0.481 e. The van der Waals surface area contributed by atoms with E-state index in [1.165, 1.54) is 0 Å². The number of carbonyl (C=O) groups is 1. The fourth-order valence-electron chi connectivity index (χ4n) is 3.45. The van der Waals surface area contributed by atoms with Crippen LogP contribution in [0.5, 0.6) is 0 Å². The predicted molar refractivity (Wildman–Crippen MR) is 74.1 cm³/mol. The molecule has 0 aromatic heterocycles. The van der Waals surface area contributed by atoms with E-state index >= 15 is 0 Å². The van der Waals surface area contributed by atoms with Crippen LogP contribution in [0.1, 0.15) is 46.0 Å². The van der Waals surface area contributed by atoms with Crippen molar-refractivity contribution in [3.05, 3.63) is 0 Å². The fourth-order valence-corrected chi connectivity index (χ4v) is 3.45. The van der Waals surface area contributed by atoms with Crippen molar-refractivity contribution in [2.45, 2.75) is 58.1 Å². The topological polar surface area (TPSA) is 49.8 Å². The van der Waals surface area contributed by atoms with Gasteiger partial charge in [-0.3, -0.25) is 9.69 Å². The number of likely N-dealkylation sites (tertiary alicyclic amines) is 1. The summed E-state index contributed by atoms with van der Waals surface area (Å²) in [6, 6.07) is 0.595. The van der Waals surface area contributed by atoms with Crippen LogP contribution in [0.15, 0.2) is 0 Å². The van der Waals surface area contributed by atoms with Crippen molar-refractivity contribution in [2.24, 2.45) is 11.8 Å². The van der Waals surface area contributed by atoms with E-state index in [4.69, 9.17) is 9.84 Å². The van der Waals surface area contributed by atoms with Gasteiger partial charge in [0.2, 0.25) is 0 Å². The summed E-state index contributed by atoms with van der Waals surface area (Å²) in [5.41, 5.74) is 0. The fraction of sp³-hybridized carbons (Fsp3) is 0.933. The van der Waals surface area contributed by atoms with Crippen LogP contribution in [0, 0.1) is 11.8 Å². The van der Waals surface area contributed by atoms with Crippen LogP contribution in [0.2, 0.25) is 0 Å². The predicted octanol–water partition coefficient (Wildman–Crippen LogP) is 2.38. The molecule has 0 bridgehead atoms. The molecule has 2 aliphatic rings. The van der Waals surface area contributed by atoms with Gasteiger partial charge in [-0.15, -0.1) is 0 Å². The minimum atomic E-state index is -0.654. The van der Waals surface area contributed by atoms with Gasteiger partial charge in [0.1, 0.15) is 0 Å². The molecule has 3 unspecified atom stereocenters. The number of ether oxygens (including phenoxy) is 1. The lowest BCUT2D eigenvalue weighted by molar-refractivity contribution is -0.138. The highest BCUT2D eigenvalue weighted by Gasteiger charge is 2.32. The molecule has 2 aliphatic heterocycles. The minimum Gasteiger partial charge on any atom is -0.481 e. The van der Waals surface area contributed by atoms with Crippen molar-refractivity contribution in [3.63, 3.8) is 0 Å². The van der Waals surface area contributed by atoms with Gasteiger partial charge in [-0.2, -0.15) is 0 Å². The number of carboxylic acids is 1. The zero-order valence-electron chi connectivity index (χ0n) is 12.2. The highest BCUT2D eigenvalue weighted by Crippen LogP contribution is 2.28. The van der Waals surface area contributed by atoms with Crippen LogP contribution in [0.3, 0.4) is 0 Å². The Labute approximate surface area is 116 Å². The van der Waals surface area contributed by atoms with Gasteiger partial charge in [0.15, 0.2) is 0 Å². The Morgan fingerprint density at radius 1 is 1.42 bits per heavy atom. The monoisotopic (exact) mass is 269 g/mol. The summed E-state index contributed by atoms with van der Waals surface area (Å²) in [7, 11) is 0. The van der Waals surface area contributed by atoms with Crippen molar-refractivity contribution in [2.75, 3.05) is 19.7 Å². The smallest absolute Gasteiger partial charge is 0.303 e. The molecule has 2 heterocycles. The Bertz CT molecular complexity index is 306. The number of carboxylic acid groups (broad SMARTS) is 1. The zero-order chi connectivity index (χ0) is 13.8. The molecule has 19 heavy (non-hydrogen) atoms. The van der Waals surface area contributed by atoms with Gasteiger partial charge in [-0.25, -0.2) is 0 Å². The van der Waals surface area contributed by atoms with Gasteiger partial charge >= 0.3 is 5.97 Å². The van der Waals surface area contributed by atoms with Gasteiger partial charge in [0, 0.05) is 25.6 Å². The second kappa shape index (κ2) is 6.71. The molecule has 2 fully saturated rings. The van der Waals surface area contributed by atoms with Gasteiger partial charge in [-0.1, -0.05) is 13.8 Å². The summed E-state index contributed by atoms with van der Waals surface area (Å²) in [4.78, 5) is 13.4. The van der Waals surface area contributed by atoms with Crippen LogP contribution in [0.25, 0.3) is 0 Å². The molecule has 0 spiro atoms. The quantitative estimate of drug-likeness (QED) is 0.851. The van der Waals surface area contributed by atoms with Crippen molar-refractivity contribution in [1.29, 1.82) is 0 Å². The summed E-state index contributed by atoms with van der Waals surface area (Å²) in [6.07, 6.45) is 5.12. The highest BCUT2D eigenvalue weighted by molar-refractivity contribution is 5.67. The van der Waals surface area contributed by atoms with E-state index in [2.05, 4.69) is 18.7 Å². The lowest BCUT2D eigenvalue weighted by Gasteiger charge is -2.42. The maximum Gasteiger partial charge on any atom is 0.303 e. The highest BCUT2D eigenvalue weighted by atomic mass is 16.5. The maximum atomic E-state index is 10.9. The van der Waals surface area contributed by atoms with Gasteiger partial charge in [-0.05, 0) is 44.1 Å². The molecule has 4 heteroatoms. The Morgan fingerprint density at radius 2 is 2.21 bits per heavy atom. The first-order valence-corrected chi connectivity index (χ1v) is 7.63. The zero-order valence-corrected chi connectivity index (χ0v) is 12.2. The Morgan fingerprint density at radius 3 is 2.89 bits per heavy atom. The molecular weight excluding hydrogens is 242 g/mol. The third-order valence-corrected chi connectivity index (χ3v) is 4.56. The van der Waals surface area contributed by atoms with E-state index in [0.717, 1.165) is 45.4 Å². The van der Waals surface area contributed by atoms with Crippen LogP contribution in [-0.2, 0) is 9.53 Å². The Balaban J connectivity index is 1.88. The molecule has 0 aliphatic carbocycles. The first-order valence-electron chi connectivity index (χ1n) is 7.63. The van der Waals surface area contributed by atoms with Crippen molar-refractivity contribution in [3.8, 4) is 0 Å². The average molecular weight is 269 g/mol.